The van der Waals surface area contributed by atoms with Crippen LogP contribution in [-0.4, -0.2) is 44.9 Å². The van der Waals surface area contributed by atoms with Crippen molar-refractivity contribution >= 4 is 16.9 Å². The number of aryl methyl sites for hydroxylation is 1. The molecular formula is C21H25N5O. The maximum atomic E-state index is 12.6. The molecule has 1 atom stereocenters. The lowest BCUT2D eigenvalue weighted by molar-refractivity contribution is 0.0896. The second kappa shape index (κ2) is 7.48. The molecule has 1 aromatic heterocycles. The monoisotopic (exact) mass is 363 g/mol. The van der Waals surface area contributed by atoms with E-state index in [2.05, 4.69) is 57.8 Å². The molecule has 1 aliphatic heterocycles. The fourth-order valence-electron chi connectivity index (χ4n) is 3.82. The normalized spacial score (nSPS) is 17.1. The SMILES string of the molecule is CC(c1ccccc1)N1CCC(NC(=O)c2ccc3c(c2)nnn3C)CC1. The Labute approximate surface area is 159 Å². The van der Waals surface area contributed by atoms with Crippen molar-refractivity contribution in [2.24, 2.45) is 7.05 Å². The zero-order valence-electron chi connectivity index (χ0n) is 15.8. The van der Waals surface area contributed by atoms with E-state index in [1.54, 1.807) is 4.68 Å². The summed E-state index contributed by atoms with van der Waals surface area (Å²) in [6.45, 7) is 4.23. The lowest BCUT2D eigenvalue weighted by Crippen LogP contribution is -2.45. The van der Waals surface area contributed by atoms with Crippen LogP contribution >= 0.6 is 0 Å². The van der Waals surface area contributed by atoms with Gasteiger partial charge in [0.2, 0.25) is 0 Å². The minimum Gasteiger partial charge on any atom is -0.349 e. The summed E-state index contributed by atoms with van der Waals surface area (Å²) < 4.78 is 1.71. The number of nitrogens with zero attached hydrogens (tertiary/aromatic N) is 4. The highest BCUT2D eigenvalue weighted by Crippen LogP contribution is 2.24. The van der Waals surface area contributed by atoms with E-state index in [0.717, 1.165) is 37.0 Å². The van der Waals surface area contributed by atoms with Crippen LogP contribution in [0.25, 0.3) is 11.0 Å². The minimum absolute atomic E-state index is 0.0305. The summed E-state index contributed by atoms with van der Waals surface area (Å²) in [4.78, 5) is 15.1. The molecule has 0 bridgehead atoms. The van der Waals surface area contributed by atoms with Gasteiger partial charge in [0, 0.05) is 37.8 Å². The fraction of sp³-hybridized carbons (Fsp3) is 0.381. The average Bonchev–Trinajstić information content (AvgIpc) is 3.09. The van der Waals surface area contributed by atoms with Gasteiger partial charge in [0.25, 0.3) is 5.91 Å². The van der Waals surface area contributed by atoms with Crippen LogP contribution in [0.1, 0.15) is 41.7 Å². The number of fused-ring (bicyclic) bond motifs is 1. The molecule has 27 heavy (non-hydrogen) atoms. The molecule has 0 radical (unpaired) electrons. The Bertz CT molecular complexity index is 928. The Balaban J connectivity index is 1.35. The molecule has 1 aliphatic rings. The van der Waals surface area contributed by atoms with Crippen molar-refractivity contribution in [2.45, 2.75) is 31.8 Å². The summed E-state index contributed by atoms with van der Waals surface area (Å²) in [5, 5.41) is 11.3. The minimum atomic E-state index is -0.0305. The average molecular weight is 363 g/mol. The van der Waals surface area contributed by atoms with Crippen molar-refractivity contribution in [3.05, 3.63) is 59.7 Å². The van der Waals surface area contributed by atoms with Crippen molar-refractivity contribution in [3.63, 3.8) is 0 Å². The molecule has 1 amide bonds. The van der Waals surface area contributed by atoms with Gasteiger partial charge in [-0.15, -0.1) is 5.10 Å². The van der Waals surface area contributed by atoms with Crippen LogP contribution in [0.3, 0.4) is 0 Å². The van der Waals surface area contributed by atoms with E-state index < -0.39 is 0 Å². The van der Waals surface area contributed by atoms with E-state index in [1.165, 1.54) is 5.56 Å². The Hall–Kier alpha value is -2.73. The van der Waals surface area contributed by atoms with Gasteiger partial charge >= 0.3 is 0 Å². The Morgan fingerprint density at radius 1 is 1.15 bits per heavy atom. The largest absolute Gasteiger partial charge is 0.349 e. The highest BCUT2D eigenvalue weighted by Gasteiger charge is 2.24. The topological polar surface area (TPSA) is 63.1 Å². The molecule has 1 fully saturated rings. The number of carbonyl (C=O) groups excluding carboxylic acids is 1. The number of amides is 1. The van der Waals surface area contributed by atoms with Gasteiger partial charge in [-0.05, 0) is 43.5 Å². The number of hydrogen-bond donors (Lipinski definition) is 1. The third kappa shape index (κ3) is 3.71. The maximum absolute atomic E-state index is 12.6. The molecule has 140 valence electrons. The number of piperidine rings is 1. The zero-order chi connectivity index (χ0) is 18.8. The second-order valence-electron chi connectivity index (χ2n) is 7.29. The van der Waals surface area contributed by atoms with Gasteiger partial charge in [-0.1, -0.05) is 35.5 Å². The summed E-state index contributed by atoms with van der Waals surface area (Å²) in [5.41, 5.74) is 3.66. The van der Waals surface area contributed by atoms with Gasteiger partial charge in [-0.25, -0.2) is 4.68 Å². The third-order valence-electron chi connectivity index (χ3n) is 5.57. The molecule has 4 rings (SSSR count). The van der Waals surface area contributed by atoms with E-state index in [0.29, 0.717) is 11.6 Å². The fourth-order valence-corrected chi connectivity index (χ4v) is 3.82. The summed E-state index contributed by atoms with van der Waals surface area (Å²) in [7, 11) is 1.85. The first-order valence-corrected chi connectivity index (χ1v) is 9.51. The van der Waals surface area contributed by atoms with Gasteiger partial charge in [0.15, 0.2) is 0 Å². The molecule has 3 aromatic rings. The highest BCUT2D eigenvalue weighted by molar-refractivity contribution is 5.97. The summed E-state index contributed by atoms with van der Waals surface area (Å²) in [5.74, 6) is -0.0305. The highest BCUT2D eigenvalue weighted by atomic mass is 16.1. The van der Waals surface area contributed by atoms with Gasteiger partial charge < -0.3 is 5.32 Å². The predicted molar refractivity (Wildman–Crippen MR) is 105 cm³/mol. The number of rotatable bonds is 4. The summed E-state index contributed by atoms with van der Waals surface area (Å²) in [6, 6.07) is 16.8. The molecule has 0 saturated carbocycles. The van der Waals surface area contributed by atoms with E-state index in [1.807, 2.05) is 25.2 Å². The first kappa shape index (κ1) is 17.7. The molecule has 1 unspecified atom stereocenters. The summed E-state index contributed by atoms with van der Waals surface area (Å²) >= 11 is 0. The molecular weight excluding hydrogens is 338 g/mol. The van der Waals surface area contributed by atoms with Crippen molar-refractivity contribution in [3.8, 4) is 0 Å². The molecule has 2 aromatic carbocycles. The van der Waals surface area contributed by atoms with E-state index in [9.17, 15) is 4.79 Å². The van der Waals surface area contributed by atoms with Crippen molar-refractivity contribution in [1.82, 2.24) is 25.2 Å². The maximum Gasteiger partial charge on any atom is 0.251 e. The van der Waals surface area contributed by atoms with Crippen LogP contribution in [0.2, 0.25) is 0 Å². The van der Waals surface area contributed by atoms with E-state index in [-0.39, 0.29) is 11.9 Å². The molecule has 6 nitrogen and oxygen atoms in total. The molecule has 1 N–H and O–H groups in total. The second-order valence-corrected chi connectivity index (χ2v) is 7.29. The lowest BCUT2D eigenvalue weighted by atomic mass is 10.00. The van der Waals surface area contributed by atoms with Crippen molar-refractivity contribution < 1.29 is 4.79 Å². The van der Waals surface area contributed by atoms with Crippen molar-refractivity contribution in [1.29, 1.82) is 0 Å². The smallest absolute Gasteiger partial charge is 0.251 e. The number of nitrogens with one attached hydrogen (secondary N) is 1. The van der Waals surface area contributed by atoms with Crippen molar-refractivity contribution in [2.75, 3.05) is 13.1 Å². The standard InChI is InChI=1S/C21H25N5O/c1-15(16-6-4-3-5-7-16)26-12-10-18(11-13-26)22-21(27)17-8-9-20-19(14-17)23-24-25(20)2/h3-9,14-15,18H,10-13H2,1-2H3,(H,22,27). The number of benzene rings is 2. The van der Waals surface area contributed by atoms with Crippen LogP contribution in [-0.2, 0) is 7.05 Å². The number of aromatic nitrogens is 3. The Kier molecular flexibility index (Phi) is 4.90. The molecule has 0 aliphatic carbocycles. The quantitative estimate of drug-likeness (QED) is 0.774. The summed E-state index contributed by atoms with van der Waals surface area (Å²) in [6.07, 6.45) is 1.94. The molecule has 2 heterocycles. The Morgan fingerprint density at radius 3 is 2.63 bits per heavy atom. The van der Waals surface area contributed by atoms with Gasteiger partial charge in [0.05, 0.1) is 5.52 Å². The first-order chi connectivity index (χ1) is 13.1. The van der Waals surface area contributed by atoms with Crippen LogP contribution in [0.5, 0.6) is 0 Å². The Morgan fingerprint density at radius 2 is 1.89 bits per heavy atom. The first-order valence-electron chi connectivity index (χ1n) is 9.51. The van der Waals surface area contributed by atoms with Gasteiger partial charge in [-0.2, -0.15) is 0 Å². The van der Waals surface area contributed by atoms with Crippen LogP contribution < -0.4 is 5.32 Å². The zero-order valence-corrected chi connectivity index (χ0v) is 15.8. The number of likely N-dealkylation sites (tertiary alicyclic amines) is 1. The van der Waals surface area contributed by atoms with Crippen LogP contribution in [0.15, 0.2) is 48.5 Å². The van der Waals surface area contributed by atoms with Crippen LogP contribution in [0, 0.1) is 0 Å². The lowest BCUT2D eigenvalue weighted by Gasteiger charge is -2.36. The van der Waals surface area contributed by atoms with Crippen LogP contribution in [0.4, 0.5) is 0 Å². The van der Waals surface area contributed by atoms with Gasteiger partial charge in [0.1, 0.15) is 5.52 Å². The third-order valence-corrected chi connectivity index (χ3v) is 5.57. The molecule has 6 heteroatoms. The molecule has 0 spiro atoms. The number of carbonyl (C=O) groups is 1. The van der Waals surface area contributed by atoms with E-state index >= 15 is 0 Å². The van der Waals surface area contributed by atoms with E-state index in [4.69, 9.17) is 0 Å². The number of hydrogen-bond acceptors (Lipinski definition) is 4. The van der Waals surface area contributed by atoms with Gasteiger partial charge in [-0.3, -0.25) is 9.69 Å². The predicted octanol–water partition coefficient (Wildman–Crippen LogP) is 2.92. The molecule has 1 saturated heterocycles.